The molecule has 1 aliphatic rings. The molecule has 1 saturated carbocycles. The molecule has 1 aliphatic carbocycles. The van der Waals surface area contributed by atoms with Gasteiger partial charge in [-0.2, -0.15) is 0 Å². The van der Waals surface area contributed by atoms with E-state index in [-0.39, 0.29) is 19.3 Å². The van der Waals surface area contributed by atoms with E-state index in [1.165, 1.54) is 12.8 Å². The second kappa shape index (κ2) is 6.17. The van der Waals surface area contributed by atoms with Crippen LogP contribution < -0.4 is 0 Å². The Balaban J connectivity index is 2.55. The molecule has 17 heavy (non-hydrogen) atoms. The van der Waals surface area contributed by atoms with Gasteiger partial charge in [-0.15, -0.1) is 0 Å². The van der Waals surface area contributed by atoms with Crippen LogP contribution in [0.5, 0.6) is 0 Å². The molecule has 1 rings (SSSR count). The van der Waals surface area contributed by atoms with Crippen molar-refractivity contribution >= 4 is 0 Å². The molecule has 3 nitrogen and oxygen atoms in total. The highest BCUT2D eigenvalue weighted by molar-refractivity contribution is 4.87. The van der Waals surface area contributed by atoms with Crippen LogP contribution in [0.3, 0.4) is 0 Å². The minimum Gasteiger partial charge on any atom is -0.394 e. The molecule has 0 amide bonds. The van der Waals surface area contributed by atoms with E-state index in [2.05, 4.69) is 27.7 Å². The number of aliphatic hydroxyl groups excluding tert-OH is 2. The van der Waals surface area contributed by atoms with Crippen molar-refractivity contribution in [3.05, 3.63) is 0 Å². The van der Waals surface area contributed by atoms with E-state index >= 15 is 0 Å². The first-order valence-electron chi connectivity index (χ1n) is 6.76. The third kappa shape index (κ3) is 4.57. The molecule has 3 heteroatoms. The van der Waals surface area contributed by atoms with Crippen molar-refractivity contribution in [2.24, 2.45) is 17.3 Å². The molecule has 1 fully saturated rings. The van der Waals surface area contributed by atoms with Crippen LogP contribution in [0.4, 0.5) is 0 Å². The average Bonchev–Trinajstić information content (AvgIpc) is 2.24. The number of hydrogen-bond donors (Lipinski definition) is 2. The molecule has 0 radical (unpaired) electrons. The maximum atomic E-state index is 9.37. The van der Waals surface area contributed by atoms with Crippen molar-refractivity contribution in [2.75, 3.05) is 13.2 Å². The summed E-state index contributed by atoms with van der Waals surface area (Å²) in [5.74, 6) is 1.19. The summed E-state index contributed by atoms with van der Waals surface area (Å²) in [7, 11) is 0. The molecule has 0 spiro atoms. The lowest BCUT2D eigenvalue weighted by Gasteiger charge is -2.42. The normalized spacial score (nSPS) is 30.5. The molecule has 3 atom stereocenters. The maximum absolute atomic E-state index is 9.37. The number of rotatable bonds is 5. The Labute approximate surface area is 105 Å². The zero-order valence-corrected chi connectivity index (χ0v) is 11.6. The van der Waals surface area contributed by atoms with Crippen LogP contribution in [0.2, 0.25) is 0 Å². The summed E-state index contributed by atoms with van der Waals surface area (Å²) in [5, 5.41) is 18.2. The van der Waals surface area contributed by atoms with Crippen LogP contribution in [0.1, 0.15) is 47.0 Å². The molecule has 0 bridgehead atoms. The Morgan fingerprint density at radius 1 is 1.35 bits per heavy atom. The summed E-state index contributed by atoms with van der Waals surface area (Å²) < 4.78 is 5.84. The highest BCUT2D eigenvalue weighted by Crippen LogP contribution is 2.42. The number of ether oxygens (including phenoxy) is 1. The lowest BCUT2D eigenvalue weighted by molar-refractivity contribution is -0.0901. The lowest BCUT2D eigenvalue weighted by atomic mass is 9.68. The topological polar surface area (TPSA) is 49.7 Å². The molecule has 102 valence electrons. The average molecular weight is 244 g/mol. The zero-order chi connectivity index (χ0) is 13.1. The summed E-state index contributed by atoms with van der Waals surface area (Å²) in [6, 6.07) is 0. The summed E-state index contributed by atoms with van der Waals surface area (Å²) >= 11 is 0. The van der Waals surface area contributed by atoms with E-state index in [0.29, 0.717) is 17.3 Å². The highest BCUT2D eigenvalue weighted by atomic mass is 16.5. The predicted octanol–water partition coefficient (Wildman–Crippen LogP) is 2.21. The van der Waals surface area contributed by atoms with Crippen LogP contribution >= 0.6 is 0 Å². The van der Waals surface area contributed by atoms with Gasteiger partial charge in [-0.3, -0.25) is 0 Å². The Morgan fingerprint density at radius 2 is 2.00 bits per heavy atom. The highest BCUT2D eigenvalue weighted by Gasteiger charge is 2.36. The van der Waals surface area contributed by atoms with Crippen LogP contribution in [0, 0.1) is 17.3 Å². The smallest absolute Gasteiger partial charge is 0.100 e. The van der Waals surface area contributed by atoms with Crippen molar-refractivity contribution in [2.45, 2.75) is 59.2 Å². The first kappa shape index (κ1) is 14.9. The quantitative estimate of drug-likeness (QED) is 0.779. The van der Waals surface area contributed by atoms with Gasteiger partial charge in [-0.25, -0.2) is 0 Å². The Bertz CT molecular complexity index is 226. The summed E-state index contributed by atoms with van der Waals surface area (Å²) in [6.07, 6.45) is 2.98. The molecule has 2 N–H and O–H groups in total. The molecule has 0 aliphatic heterocycles. The zero-order valence-electron chi connectivity index (χ0n) is 11.6. The first-order valence-corrected chi connectivity index (χ1v) is 6.76. The van der Waals surface area contributed by atoms with Crippen molar-refractivity contribution in [3.63, 3.8) is 0 Å². The lowest BCUT2D eigenvalue weighted by Crippen LogP contribution is -2.39. The van der Waals surface area contributed by atoms with E-state index in [1.807, 2.05) is 0 Å². The SMILES string of the molecule is CC(C)C1CCC(C)(C)CC1OCC(O)CO. The Hall–Kier alpha value is -0.120. The largest absolute Gasteiger partial charge is 0.394 e. The summed E-state index contributed by atoms with van der Waals surface area (Å²) in [4.78, 5) is 0. The molecule has 0 aromatic carbocycles. The number of hydrogen-bond acceptors (Lipinski definition) is 3. The van der Waals surface area contributed by atoms with Gasteiger partial charge in [0.2, 0.25) is 0 Å². The van der Waals surface area contributed by atoms with E-state index in [0.717, 1.165) is 6.42 Å². The third-order valence-electron chi connectivity index (χ3n) is 3.96. The minimum atomic E-state index is -0.743. The Kier molecular flexibility index (Phi) is 5.42. The van der Waals surface area contributed by atoms with Crippen LogP contribution in [0.15, 0.2) is 0 Å². The minimum absolute atomic E-state index is 0.220. The van der Waals surface area contributed by atoms with Gasteiger partial charge in [0.05, 0.1) is 19.3 Å². The number of aliphatic hydroxyl groups is 2. The van der Waals surface area contributed by atoms with E-state index in [9.17, 15) is 5.11 Å². The van der Waals surface area contributed by atoms with Gasteiger partial charge in [0.15, 0.2) is 0 Å². The van der Waals surface area contributed by atoms with Crippen molar-refractivity contribution in [3.8, 4) is 0 Å². The van der Waals surface area contributed by atoms with Gasteiger partial charge in [0.25, 0.3) is 0 Å². The van der Waals surface area contributed by atoms with E-state index in [1.54, 1.807) is 0 Å². The van der Waals surface area contributed by atoms with Crippen molar-refractivity contribution in [1.82, 2.24) is 0 Å². The maximum Gasteiger partial charge on any atom is 0.100 e. The standard InChI is InChI=1S/C14H28O3/c1-10(2)12-5-6-14(3,4)7-13(12)17-9-11(16)8-15/h10-13,15-16H,5-9H2,1-4H3. The van der Waals surface area contributed by atoms with Crippen LogP contribution in [0.25, 0.3) is 0 Å². The fourth-order valence-corrected chi connectivity index (χ4v) is 2.77. The Morgan fingerprint density at radius 3 is 2.53 bits per heavy atom. The van der Waals surface area contributed by atoms with Gasteiger partial charge >= 0.3 is 0 Å². The fourth-order valence-electron chi connectivity index (χ4n) is 2.77. The first-order chi connectivity index (χ1) is 7.85. The molecule has 0 aromatic heterocycles. The molecular weight excluding hydrogens is 216 g/mol. The van der Waals surface area contributed by atoms with Gasteiger partial charge in [0, 0.05) is 0 Å². The van der Waals surface area contributed by atoms with Crippen molar-refractivity contribution in [1.29, 1.82) is 0 Å². The monoisotopic (exact) mass is 244 g/mol. The summed E-state index contributed by atoms with van der Waals surface area (Å²) in [6.45, 7) is 9.07. The molecular formula is C14H28O3. The second-order valence-electron chi connectivity index (χ2n) is 6.52. The van der Waals surface area contributed by atoms with E-state index < -0.39 is 6.10 Å². The van der Waals surface area contributed by atoms with Gasteiger partial charge < -0.3 is 14.9 Å². The molecule has 0 aromatic rings. The molecule has 0 heterocycles. The van der Waals surface area contributed by atoms with Crippen molar-refractivity contribution < 1.29 is 14.9 Å². The van der Waals surface area contributed by atoms with E-state index in [4.69, 9.17) is 9.84 Å². The predicted molar refractivity (Wildman–Crippen MR) is 68.8 cm³/mol. The second-order valence-corrected chi connectivity index (χ2v) is 6.52. The van der Waals surface area contributed by atoms with Gasteiger partial charge in [0.1, 0.15) is 6.10 Å². The summed E-state index contributed by atoms with van der Waals surface area (Å²) in [5.41, 5.74) is 0.334. The van der Waals surface area contributed by atoms with Crippen LogP contribution in [-0.4, -0.2) is 35.6 Å². The third-order valence-corrected chi connectivity index (χ3v) is 3.96. The van der Waals surface area contributed by atoms with Gasteiger partial charge in [-0.1, -0.05) is 27.7 Å². The van der Waals surface area contributed by atoms with Gasteiger partial charge in [-0.05, 0) is 36.5 Å². The van der Waals surface area contributed by atoms with Crippen LogP contribution in [-0.2, 0) is 4.74 Å². The fraction of sp³-hybridized carbons (Fsp3) is 1.00. The molecule has 0 saturated heterocycles. The molecule has 3 unspecified atom stereocenters.